The summed E-state index contributed by atoms with van der Waals surface area (Å²) in [6, 6.07) is 6.14. The van der Waals surface area contributed by atoms with Crippen molar-refractivity contribution < 1.29 is 21.9 Å². The van der Waals surface area contributed by atoms with Crippen molar-refractivity contribution in [2.45, 2.75) is 23.8 Å². The van der Waals surface area contributed by atoms with Crippen LogP contribution in [0.15, 0.2) is 47.8 Å². The van der Waals surface area contributed by atoms with Crippen LogP contribution >= 0.6 is 11.6 Å². The Hall–Kier alpha value is -3.48. The van der Waals surface area contributed by atoms with E-state index < -0.39 is 26.6 Å². The molecule has 2 aromatic heterocycles. The Bertz CT molecular complexity index is 1640. The van der Waals surface area contributed by atoms with E-state index in [1.807, 2.05) is 4.57 Å². The molecule has 1 aliphatic heterocycles. The molecule has 3 heterocycles. The fraction of sp³-hybridized carbons (Fsp3) is 0.280. The zero-order valence-corrected chi connectivity index (χ0v) is 22.2. The number of hydrogen-bond donors (Lipinski definition) is 2. The van der Waals surface area contributed by atoms with Gasteiger partial charge < -0.3 is 19.9 Å². The lowest BCUT2D eigenvalue weighted by Crippen LogP contribution is -2.31. The van der Waals surface area contributed by atoms with Crippen molar-refractivity contribution in [3.05, 3.63) is 59.5 Å². The summed E-state index contributed by atoms with van der Waals surface area (Å²) >= 11 is 6.01. The van der Waals surface area contributed by atoms with Gasteiger partial charge in [0.2, 0.25) is 0 Å². The first-order valence-corrected chi connectivity index (χ1v) is 13.6. The third-order valence-corrected chi connectivity index (χ3v) is 8.43. The highest BCUT2D eigenvalue weighted by molar-refractivity contribution is 7.92. The maximum absolute atomic E-state index is 15.9. The zero-order valence-electron chi connectivity index (χ0n) is 20.6. The zero-order chi connectivity index (χ0) is 27.2. The van der Waals surface area contributed by atoms with E-state index in [4.69, 9.17) is 22.1 Å². The lowest BCUT2D eigenvalue weighted by Gasteiger charge is -2.30. The topological polar surface area (TPSA) is 115 Å². The van der Waals surface area contributed by atoms with E-state index in [2.05, 4.69) is 26.6 Å². The monoisotopic (exact) mass is 562 g/mol. The Morgan fingerprint density at radius 3 is 2.61 bits per heavy atom. The van der Waals surface area contributed by atoms with E-state index in [-0.39, 0.29) is 33.9 Å². The highest BCUT2D eigenvalue weighted by Crippen LogP contribution is 2.39. The number of nitrogen functional groups attached to an aromatic ring is 1. The van der Waals surface area contributed by atoms with Gasteiger partial charge >= 0.3 is 0 Å². The van der Waals surface area contributed by atoms with E-state index >= 15 is 4.39 Å². The summed E-state index contributed by atoms with van der Waals surface area (Å²) in [5, 5.41) is 0.360. The highest BCUT2D eigenvalue weighted by atomic mass is 35.5. The summed E-state index contributed by atoms with van der Waals surface area (Å²) in [5.74, 6) is -1.81. The first-order chi connectivity index (χ1) is 18.1. The number of nitrogens with one attached hydrogen (secondary N) is 1. The van der Waals surface area contributed by atoms with Gasteiger partial charge in [-0.3, -0.25) is 4.72 Å². The number of halogens is 3. The number of methoxy groups -OCH3 is 1. The molecule has 0 aliphatic carbocycles. The van der Waals surface area contributed by atoms with Crippen LogP contribution in [0.5, 0.6) is 5.75 Å². The minimum Gasteiger partial charge on any atom is -0.495 e. The van der Waals surface area contributed by atoms with Crippen LogP contribution in [0, 0.1) is 11.6 Å². The summed E-state index contributed by atoms with van der Waals surface area (Å²) in [7, 11) is -1.21. The standard InChI is InChI=1S/C25H25ClF2N6O3S/c1-33-8-6-14(7-9-33)34-12-16(22-24(29)30-13-31-25(22)34)15-4-3-5-19(23(15)28)32-38(35,36)21-10-17(26)20(37-2)11-18(21)27/h3-5,10-14,32H,6-9H2,1-2H3,(H2,29,30,31). The maximum Gasteiger partial charge on any atom is 0.264 e. The Morgan fingerprint density at radius 2 is 1.89 bits per heavy atom. The second-order valence-electron chi connectivity index (χ2n) is 9.13. The van der Waals surface area contributed by atoms with Crippen LogP contribution in [-0.2, 0) is 10.0 Å². The molecule has 0 amide bonds. The molecule has 0 saturated carbocycles. The van der Waals surface area contributed by atoms with E-state index in [9.17, 15) is 12.8 Å². The van der Waals surface area contributed by atoms with Crippen LogP contribution in [0.4, 0.5) is 20.3 Å². The summed E-state index contributed by atoms with van der Waals surface area (Å²) in [6.45, 7) is 1.80. The van der Waals surface area contributed by atoms with Crippen LogP contribution in [0.1, 0.15) is 18.9 Å². The van der Waals surface area contributed by atoms with Gasteiger partial charge in [-0.2, -0.15) is 0 Å². The average molecular weight is 563 g/mol. The summed E-state index contributed by atoms with van der Waals surface area (Å²) in [6.07, 6.45) is 4.90. The fourth-order valence-corrected chi connectivity index (χ4v) is 6.21. The van der Waals surface area contributed by atoms with Crippen LogP contribution in [0.3, 0.4) is 0 Å². The van der Waals surface area contributed by atoms with Gasteiger partial charge in [0.15, 0.2) is 5.82 Å². The van der Waals surface area contributed by atoms with Gasteiger partial charge in [0, 0.05) is 29.4 Å². The van der Waals surface area contributed by atoms with E-state index in [0.717, 1.165) is 38.1 Å². The molecule has 0 unspecified atom stereocenters. The Balaban J connectivity index is 1.58. The number of nitrogens with zero attached hydrogens (tertiary/aromatic N) is 4. The van der Waals surface area contributed by atoms with Crippen LogP contribution in [0.2, 0.25) is 5.02 Å². The normalized spacial score (nSPS) is 15.2. The average Bonchev–Trinajstić information content (AvgIpc) is 3.27. The predicted octanol–water partition coefficient (Wildman–Crippen LogP) is 4.69. The van der Waals surface area contributed by atoms with Crippen molar-refractivity contribution in [1.82, 2.24) is 19.4 Å². The molecule has 38 heavy (non-hydrogen) atoms. The number of nitrogens with two attached hydrogens (primary N) is 1. The van der Waals surface area contributed by atoms with Crippen molar-refractivity contribution in [2.75, 3.05) is 37.7 Å². The molecular formula is C25H25ClF2N6O3S. The molecule has 3 N–H and O–H groups in total. The molecule has 4 aromatic rings. The number of piperidine rings is 1. The molecule has 9 nitrogen and oxygen atoms in total. The summed E-state index contributed by atoms with van der Waals surface area (Å²) in [5.41, 5.74) is 6.93. The molecule has 200 valence electrons. The van der Waals surface area contributed by atoms with Gasteiger partial charge in [-0.05, 0) is 45.1 Å². The summed E-state index contributed by atoms with van der Waals surface area (Å²) in [4.78, 5) is 10.0. The smallest absolute Gasteiger partial charge is 0.264 e. The predicted molar refractivity (Wildman–Crippen MR) is 142 cm³/mol. The molecule has 0 atom stereocenters. The van der Waals surface area contributed by atoms with Gasteiger partial charge in [-0.1, -0.05) is 23.7 Å². The maximum atomic E-state index is 15.9. The number of ether oxygens (including phenoxy) is 1. The number of aromatic nitrogens is 3. The third kappa shape index (κ3) is 4.63. The van der Waals surface area contributed by atoms with E-state index in [0.29, 0.717) is 16.6 Å². The SMILES string of the molecule is COc1cc(F)c(S(=O)(=O)Nc2cccc(-c3cn(C4CCN(C)CC4)c4ncnc(N)c34)c2F)cc1Cl. The lowest BCUT2D eigenvalue weighted by atomic mass is 10.0. The number of anilines is 2. The Labute approximate surface area is 223 Å². The molecule has 13 heteroatoms. The molecule has 1 aliphatic rings. The second-order valence-corrected chi connectivity index (χ2v) is 11.2. The van der Waals surface area contributed by atoms with Crippen molar-refractivity contribution in [2.24, 2.45) is 0 Å². The van der Waals surface area contributed by atoms with Gasteiger partial charge in [-0.15, -0.1) is 0 Å². The second kappa shape index (κ2) is 10.0. The van der Waals surface area contributed by atoms with Crippen LogP contribution < -0.4 is 15.2 Å². The van der Waals surface area contributed by atoms with E-state index in [1.54, 1.807) is 6.20 Å². The number of likely N-dealkylation sites (tertiary alicyclic amines) is 1. The molecule has 0 radical (unpaired) electrons. The summed E-state index contributed by atoms with van der Waals surface area (Å²) < 4.78 is 65.6. The lowest BCUT2D eigenvalue weighted by molar-refractivity contribution is 0.224. The van der Waals surface area contributed by atoms with Gasteiger partial charge in [0.1, 0.15) is 34.3 Å². The first kappa shape index (κ1) is 26.1. The molecule has 1 fully saturated rings. The van der Waals surface area contributed by atoms with Gasteiger partial charge in [0.25, 0.3) is 10.0 Å². The van der Waals surface area contributed by atoms with Crippen molar-refractivity contribution in [3.8, 4) is 16.9 Å². The molecular weight excluding hydrogens is 538 g/mol. The molecule has 2 aromatic carbocycles. The highest BCUT2D eigenvalue weighted by Gasteiger charge is 2.27. The molecule has 0 bridgehead atoms. The number of benzene rings is 2. The first-order valence-electron chi connectivity index (χ1n) is 11.7. The Kier molecular flexibility index (Phi) is 6.88. The van der Waals surface area contributed by atoms with Crippen LogP contribution in [-0.4, -0.2) is 55.1 Å². The number of hydrogen-bond acceptors (Lipinski definition) is 7. The van der Waals surface area contributed by atoms with Crippen molar-refractivity contribution in [3.63, 3.8) is 0 Å². The molecule has 1 saturated heterocycles. The van der Waals surface area contributed by atoms with Gasteiger partial charge in [0.05, 0.1) is 23.2 Å². The minimum atomic E-state index is -4.54. The van der Waals surface area contributed by atoms with Crippen molar-refractivity contribution in [1.29, 1.82) is 0 Å². The largest absolute Gasteiger partial charge is 0.495 e. The fourth-order valence-electron chi connectivity index (χ4n) is 4.76. The molecule has 0 spiro atoms. The number of fused-ring (bicyclic) bond motifs is 1. The third-order valence-electron chi connectivity index (χ3n) is 6.75. The Morgan fingerprint density at radius 1 is 1.16 bits per heavy atom. The number of rotatable bonds is 6. The van der Waals surface area contributed by atoms with Crippen molar-refractivity contribution >= 4 is 44.2 Å². The van der Waals surface area contributed by atoms with Gasteiger partial charge in [-0.25, -0.2) is 27.2 Å². The minimum absolute atomic E-state index is 0.0305. The number of sulfonamides is 1. The quantitative estimate of drug-likeness (QED) is 0.350. The van der Waals surface area contributed by atoms with Crippen LogP contribution in [0.25, 0.3) is 22.2 Å². The van der Waals surface area contributed by atoms with E-state index in [1.165, 1.54) is 31.6 Å². The molecule has 5 rings (SSSR count).